The van der Waals surface area contributed by atoms with Crippen molar-refractivity contribution in [3.8, 4) is 0 Å². The molecule has 0 radical (unpaired) electrons. The summed E-state index contributed by atoms with van der Waals surface area (Å²) >= 11 is 6.55. The third kappa shape index (κ3) is 6.06. The first-order chi connectivity index (χ1) is 19.9. The molecule has 1 saturated heterocycles. The summed E-state index contributed by atoms with van der Waals surface area (Å²) in [5, 5.41) is 0.671. The summed E-state index contributed by atoms with van der Waals surface area (Å²) in [5.74, 6) is 0.895. The Balaban J connectivity index is 1.42. The topological polar surface area (TPSA) is 69.6 Å². The van der Waals surface area contributed by atoms with Gasteiger partial charge in [-0.2, -0.15) is 4.31 Å². The number of fused-ring (bicyclic) bond motifs is 2. The molecule has 2 aromatic heterocycles. The van der Waals surface area contributed by atoms with E-state index in [1.807, 2.05) is 54.9 Å². The molecule has 1 atom stereocenters. The van der Waals surface area contributed by atoms with Crippen molar-refractivity contribution in [3.05, 3.63) is 124 Å². The zero-order valence-corrected chi connectivity index (χ0v) is 24.5. The molecule has 7 nitrogen and oxygen atoms in total. The lowest BCUT2D eigenvalue weighted by Gasteiger charge is -2.39. The van der Waals surface area contributed by atoms with Gasteiger partial charge in [-0.3, -0.25) is 9.88 Å². The molecule has 0 amide bonds. The van der Waals surface area contributed by atoms with Crippen LogP contribution in [0.25, 0.3) is 11.6 Å². The van der Waals surface area contributed by atoms with Crippen molar-refractivity contribution in [2.24, 2.45) is 0 Å². The lowest BCUT2D eigenvalue weighted by atomic mass is 9.95. The monoisotopic (exact) mass is 585 g/mol. The molecular formula is C32H32ClN5O2S. The highest BCUT2D eigenvalue weighted by atomic mass is 35.5. The van der Waals surface area contributed by atoms with Crippen LogP contribution in [0.3, 0.4) is 0 Å². The predicted octanol–water partition coefficient (Wildman–Crippen LogP) is 5.36. The lowest BCUT2D eigenvalue weighted by Crippen LogP contribution is -2.49. The fourth-order valence-corrected chi connectivity index (χ4v) is 6.81. The molecule has 4 aromatic rings. The van der Waals surface area contributed by atoms with Gasteiger partial charge in [0.05, 0.1) is 18.0 Å². The molecule has 1 aliphatic carbocycles. The van der Waals surface area contributed by atoms with Crippen molar-refractivity contribution >= 4 is 39.1 Å². The van der Waals surface area contributed by atoms with Crippen LogP contribution in [0.2, 0.25) is 5.02 Å². The molecule has 1 fully saturated rings. The summed E-state index contributed by atoms with van der Waals surface area (Å²) in [6.45, 7) is 3.43. The fraction of sp³-hybridized carbons (Fsp3) is 0.250. The van der Waals surface area contributed by atoms with Crippen molar-refractivity contribution < 1.29 is 8.42 Å². The number of aromatic nitrogens is 2. The average molecular weight is 586 g/mol. The highest BCUT2D eigenvalue weighted by Crippen LogP contribution is 2.40. The van der Waals surface area contributed by atoms with Crippen LogP contribution in [0, 0.1) is 0 Å². The first-order valence-electron chi connectivity index (χ1n) is 13.7. The molecule has 0 N–H and O–H groups in total. The van der Waals surface area contributed by atoms with Gasteiger partial charge in [-0.05, 0) is 58.7 Å². The Morgan fingerprint density at radius 1 is 0.878 bits per heavy atom. The Morgan fingerprint density at radius 2 is 1.63 bits per heavy atom. The number of hydrogen-bond donors (Lipinski definition) is 0. The second-order valence-corrected chi connectivity index (χ2v) is 12.9. The number of nitrogens with zero attached hydrogens (tertiary/aromatic N) is 5. The third-order valence-electron chi connectivity index (χ3n) is 7.77. The Hall–Kier alpha value is -3.56. The molecule has 9 heteroatoms. The van der Waals surface area contributed by atoms with E-state index in [1.165, 1.54) is 11.8 Å². The van der Waals surface area contributed by atoms with Gasteiger partial charge in [-0.25, -0.2) is 13.4 Å². The maximum atomic E-state index is 12.2. The fourth-order valence-electron chi connectivity index (χ4n) is 5.80. The summed E-state index contributed by atoms with van der Waals surface area (Å²) in [5.41, 5.74) is 6.52. The van der Waals surface area contributed by atoms with Crippen molar-refractivity contribution in [2.75, 3.05) is 43.9 Å². The van der Waals surface area contributed by atoms with Crippen LogP contribution >= 0.6 is 11.6 Å². The molecule has 2 aromatic carbocycles. The molecule has 0 spiro atoms. The number of rotatable bonds is 7. The first kappa shape index (κ1) is 27.6. The van der Waals surface area contributed by atoms with E-state index in [-0.39, 0.29) is 6.04 Å². The van der Waals surface area contributed by atoms with Crippen molar-refractivity contribution in [2.45, 2.75) is 12.6 Å². The number of hydrogen-bond acceptors (Lipinski definition) is 6. The van der Waals surface area contributed by atoms with E-state index in [1.54, 1.807) is 4.31 Å². The quantitative estimate of drug-likeness (QED) is 0.291. The second kappa shape index (κ2) is 11.7. The van der Waals surface area contributed by atoms with Gasteiger partial charge in [0.2, 0.25) is 10.0 Å². The average Bonchev–Trinajstić information content (AvgIpc) is 3.11. The molecule has 3 heterocycles. The van der Waals surface area contributed by atoms with Gasteiger partial charge in [0.25, 0.3) is 0 Å². The predicted molar refractivity (Wildman–Crippen MR) is 165 cm³/mol. The molecule has 41 heavy (non-hydrogen) atoms. The Morgan fingerprint density at radius 3 is 2.37 bits per heavy atom. The van der Waals surface area contributed by atoms with Crippen molar-refractivity contribution in [1.82, 2.24) is 19.2 Å². The van der Waals surface area contributed by atoms with Crippen LogP contribution in [-0.2, 0) is 16.6 Å². The number of piperazine rings is 1. The van der Waals surface area contributed by atoms with Gasteiger partial charge < -0.3 is 4.90 Å². The lowest BCUT2D eigenvalue weighted by molar-refractivity contribution is 0.154. The number of halogens is 1. The van der Waals surface area contributed by atoms with Crippen molar-refractivity contribution in [3.63, 3.8) is 0 Å². The molecular weight excluding hydrogens is 554 g/mol. The van der Waals surface area contributed by atoms with Gasteiger partial charge in [-0.1, -0.05) is 60.1 Å². The normalized spacial score (nSPS) is 17.7. The van der Waals surface area contributed by atoms with E-state index in [4.69, 9.17) is 21.6 Å². The number of benzene rings is 2. The van der Waals surface area contributed by atoms with Gasteiger partial charge in [0, 0.05) is 62.2 Å². The summed E-state index contributed by atoms with van der Waals surface area (Å²) < 4.78 is 26.0. The highest BCUT2D eigenvalue weighted by molar-refractivity contribution is 7.88. The largest absolute Gasteiger partial charge is 0.348 e. The van der Waals surface area contributed by atoms with E-state index in [9.17, 15) is 8.42 Å². The molecule has 6 rings (SSSR count). The van der Waals surface area contributed by atoms with Crippen LogP contribution in [0.15, 0.2) is 91.3 Å². The van der Waals surface area contributed by atoms with Crippen LogP contribution in [-0.4, -0.2) is 66.6 Å². The third-order valence-corrected chi connectivity index (χ3v) is 9.31. The van der Waals surface area contributed by atoms with Gasteiger partial charge in [0.1, 0.15) is 5.82 Å². The van der Waals surface area contributed by atoms with Crippen molar-refractivity contribution in [1.29, 1.82) is 0 Å². The van der Waals surface area contributed by atoms with E-state index >= 15 is 0 Å². The maximum Gasteiger partial charge on any atom is 0.211 e. The van der Waals surface area contributed by atoms with Gasteiger partial charge in [-0.15, -0.1) is 0 Å². The van der Waals surface area contributed by atoms with E-state index in [0.29, 0.717) is 44.3 Å². The standard InChI is InChI=1S/C32H32ClN5O2S/c1-41(39,40)38-18-16-36(17-19-38)32-29-13-12-27(33)21-25(29)20-26(28-10-7-15-35-31(28)32)23-37(30-11-5-6-14-34-30)22-24-8-3-2-4-9-24/h2-15,20-21,32H,16-19,22-23H2,1H3. The van der Waals surface area contributed by atoms with E-state index in [2.05, 4.69) is 52.3 Å². The summed E-state index contributed by atoms with van der Waals surface area (Å²) in [7, 11) is -3.24. The van der Waals surface area contributed by atoms with Gasteiger partial charge in [0.15, 0.2) is 0 Å². The Bertz CT molecular complexity index is 1660. The minimum absolute atomic E-state index is 0.133. The molecule has 0 bridgehead atoms. The molecule has 0 saturated carbocycles. The first-order valence-corrected chi connectivity index (χ1v) is 15.9. The Labute approximate surface area is 246 Å². The van der Waals surface area contributed by atoms with Crippen LogP contribution < -0.4 is 4.90 Å². The molecule has 1 aliphatic heterocycles. The molecule has 2 aliphatic rings. The van der Waals surface area contributed by atoms with Crippen LogP contribution in [0.5, 0.6) is 0 Å². The highest BCUT2D eigenvalue weighted by Gasteiger charge is 2.34. The molecule has 1 unspecified atom stereocenters. The minimum Gasteiger partial charge on any atom is -0.348 e. The smallest absolute Gasteiger partial charge is 0.211 e. The summed E-state index contributed by atoms with van der Waals surface area (Å²) in [4.78, 5) is 14.3. The molecule has 210 valence electrons. The van der Waals surface area contributed by atoms with Gasteiger partial charge >= 0.3 is 0 Å². The Kier molecular flexibility index (Phi) is 7.90. The minimum atomic E-state index is -3.24. The summed E-state index contributed by atoms with van der Waals surface area (Å²) in [6.07, 6.45) is 7.18. The number of pyridine rings is 2. The SMILES string of the molecule is CS(=O)(=O)N1CCN(C2c3ccc(Cl)cc3C=C(CN(Cc3ccccc3)c3ccccn3)c3cccnc32)CC1. The zero-order valence-electron chi connectivity index (χ0n) is 22.9. The van der Waals surface area contributed by atoms with Crippen LogP contribution in [0.4, 0.5) is 5.82 Å². The van der Waals surface area contributed by atoms with E-state index in [0.717, 1.165) is 33.8 Å². The summed E-state index contributed by atoms with van der Waals surface area (Å²) in [6, 6.07) is 26.4. The maximum absolute atomic E-state index is 12.2. The zero-order chi connectivity index (χ0) is 28.4. The number of anilines is 1. The number of sulfonamides is 1. The van der Waals surface area contributed by atoms with Crippen LogP contribution in [0.1, 0.15) is 34.0 Å². The second-order valence-electron chi connectivity index (χ2n) is 10.5. The van der Waals surface area contributed by atoms with E-state index < -0.39 is 10.0 Å².